The summed E-state index contributed by atoms with van der Waals surface area (Å²) < 4.78 is 26.8. The van der Waals surface area contributed by atoms with E-state index in [1.165, 1.54) is 29.8 Å². The second-order valence-corrected chi connectivity index (χ2v) is 6.98. The normalized spacial score (nSPS) is 15.5. The molecular formula is C23H25F2N3. The van der Waals surface area contributed by atoms with E-state index in [2.05, 4.69) is 10.0 Å². The fourth-order valence-corrected chi connectivity index (χ4v) is 3.64. The molecule has 2 aromatic rings. The molecule has 3 nitrogen and oxygen atoms in total. The average molecular weight is 381 g/mol. The highest BCUT2D eigenvalue weighted by Gasteiger charge is 2.19. The van der Waals surface area contributed by atoms with Crippen molar-refractivity contribution >= 4 is 5.57 Å². The predicted molar refractivity (Wildman–Crippen MR) is 108 cm³/mol. The standard InChI is InChI=1S/C23H25F2N3/c1-2-22(27-26)13-16-28-14-11-19(12-15-28)23(17-3-7-20(24)8-4-17)18-5-9-21(25)10-6-18/h2-10,26H,11-16H2,1H3/b22-2-,27-26?. The topological polar surface area (TPSA) is 39.5 Å². The van der Waals surface area contributed by atoms with Crippen molar-refractivity contribution in [3.05, 3.63) is 88.6 Å². The van der Waals surface area contributed by atoms with Crippen LogP contribution >= 0.6 is 0 Å². The van der Waals surface area contributed by atoms with Crippen molar-refractivity contribution in [2.24, 2.45) is 5.11 Å². The maximum absolute atomic E-state index is 13.4. The molecule has 1 N–H and O–H groups in total. The van der Waals surface area contributed by atoms with Crippen LogP contribution in [0.3, 0.4) is 0 Å². The van der Waals surface area contributed by atoms with Crippen LogP contribution in [0.2, 0.25) is 0 Å². The number of piperidine rings is 1. The number of halogens is 2. The summed E-state index contributed by atoms with van der Waals surface area (Å²) in [6, 6.07) is 13.1. The predicted octanol–water partition coefficient (Wildman–Crippen LogP) is 6.19. The summed E-state index contributed by atoms with van der Waals surface area (Å²) in [5.41, 5.74) is 12.3. The first-order valence-electron chi connectivity index (χ1n) is 9.59. The van der Waals surface area contributed by atoms with Crippen molar-refractivity contribution in [2.75, 3.05) is 19.6 Å². The summed E-state index contributed by atoms with van der Waals surface area (Å²) in [4.78, 5) is 2.38. The van der Waals surface area contributed by atoms with E-state index in [9.17, 15) is 8.78 Å². The average Bonchev–Trinajstić information content (AvgIpc) is 2.73. The Labute approximate surface area is 164 Å². The van der Waals surface area contributed by atoms with Gasteiger partial charge >= 0.3 is 0 Å². The quantitative estimate of drug-likeness (QED) is 0.596. The zero-order valence-corrected chi connectivity index (χ0v) is 16.1. The highest BCUT2D eigenvalue weighted by molar-refractivity contribution is 5.82. The van der Waals surface area contributed by atoms with Crippen LogP contribution in [0, 0.1) is 17.2 Å². The molecular weight excluding hydrogens is 356 g/mol. The number of nitrogens with one attached hydrogen (secondary N) is 1. The van der Waals surface area contributed by atoms with Gasteiger partial charge in [-0.1, -0.05) is 35.9 Å². The molecule has 146 valence electrons. The minimum absolute atomic E-state index is 0.262. The zero-order valence-electron chi connectivity index (χ0n) is 16.1. The van der Waals surface area contributed by atoms with Crippen LogP contribution in [0.15, 0.2) is 71.0 Å². The van der Waals surface area contributed by atoms with E-state index in [1.54, 1.807) is 24.3 Å². The molecule has 1 saturated heterocycles. The molecule has 0 saturated carbocycles. The van der Waals surface area contributed by atoms with E-state index in [1.807, 2.05) is 13.0 Å². The summed E-state index contributed by atoms with van der Waals surface area (Å²) in [5, 5.41) is 3.54. The number of allylic oxidation sites excluding steroid dienone is 1. The number of benzene rings is 2. The summed E-state index contributed by atoms with van der Waals surface area (Å²) >= 11 is 0. The van der Waals surface area contributed by atoms with E-state index in [4.69, 9.17) is 5.53 Å². The lowest BCUT2D eigenvalue weighted by atomic mass is 9.88. The number of nitrogens with zero attached hydrogens (tertiary/aromatic N) is 2. The maximum atomic E-state index is 13.4. The molecule has 1 heterocycles. The van der Waals surface area contributed by atoms with Crippen LogP contribution in [0.5, 0.6) is 0 Å². The van der Waals surface area contributed by atoms with Gasteiger partial charge < -0.3 is 4.90 Å². The van der Waals surface area contributed by atoms with E-state index in [-0.39, 0.29) is 11.6 Å². The molecule has 0 amide bonds. The monoisotopic (exact) mass is 381 g/mol. The molecule has 5 heteroatoms. The van der Waals surface area contributed by atoms with Crippen LogP contribution in [0.1, 0.15) is 37.3 Å². The van der Waals surface area contributed by atoms with Crippen molar-refractivity contribution in [2.45, 2.75) is 26.2 Å². The molecule has 0 spiro atoms. The Morgan fingerprint density at radius 2 is 1.46 bits per heavy atom. The van der Waals surface area contributed by atoms with Gasteiger partial charge in [0.05, 0.1) is 5.70 Å². The third-order valence-corrected chi connectivity index (χ3v) is 5.24. The van der Waals surface area contributed by atoms with Gasteiger partial charge in [-0.2, -0.15) is 5.11 Å². The molecule has 28 heavy (non-hydrogen) atoms. The summed E-state index contributed by atoms with van der Waals surface area (Å²) in [5.74, 6) is -0.525. The van der Waals surface area contributed by atoms with Crippen LogP contribution in [0.4, 0.5) is 8.78 Å². The van der Waals surface area contributed by atoms with Gasteiger partial charge in [0.15, 0.2) is 0 Å². The van der Waals surface area contributed by atoms with Gasteiger partial charge in [-0.15, -0.1) is 0 Å². The van der Waals surface area contributed by atoms with Crippen molar-refractivity contribution in [3.63, 3.8) is 0 Å². The van der Waals surface area contributed by atoms with Gasteiger partial charge in [0.1, 0.15) is 11.6 Å². The Morgan fingerprint density at radius 3 is 1.89 bits per heavy atom. The zero-order chi connectivity index (χ0) is 19.9. The van der Waals surface area contributed by atoms with Gasteiger partial charge in [0.2, 0.25) is 0 Å². The second-order valence-electron chi connectivity index (χ2n) is 6.98. The first-order valence-corrected chi connectivity index (χ1v) is 9.59. The number of hydrogen-bond acceptors (Lipinski definition) is 3. The van der Waals surface area contributed by atoms with Gasteiger partial charge in [-0.25, -0.2) is 14.3 Å². The van der Waals surface area contributed by atoms with Crippen molar-refractivity contribution in [1.82, 2.24) is 4.90 Å². The maximum Gasteiger partial charge on any atom is 0.123 e. The summed E-state index contributed by atoms with van der Waals surface area (Å²) in [6.45, 7) is 4.65. The Balaban J connectivity index is 1.82. The summed E-state index contributed by atoms with van der Waals surface area (Å²) in [6.07, 6.45) is 4.48. The van der Waals surface area contributed by atoms with Crippen molar-refractivity contribution in [1.29, 1.82) is 5.53 Å². The largest absolute Gasteiger partial charge is 0.302 e. The number of hydrogen-bond donors (Lipinski definition) is 1. The van der Waals surface area contributed by atoms with Crippen LogP contribution < -0.4 is 0 Å². The van der Waals surface area contributed by atoms with Crippen LogP contribution in [0.25, 0.3) is 5.57 Å². The first-order chi connectivity index (χ1) is 13.6. The van der Waals surface area contributed by atoms with Gasteiger partial charge in [-0.05, 0) is 60.7 Å². The highest BCUT2D eigenvalue weighted by atomic mass is 19.1. The molecule has 0 atom stereocenters. The molecule has 1 aliphatic heterocycles. The molecule has 0 radical (unpaired) electrons. The van der Waals surface area contributed by atoms with Gasteiger partial charge in [0.25, 0.3) is 0 Å². The molecule has 3 rings (SSSR count). The van der Waals surface area contributed by atoms with Gasteiger partial charge in [0, 0.05) is 26.1 Å². The third-order valence-electron chi connectivity index (χ3n) is 5.24. The SMILES string of the molecule is C/C=C(/CCN1CCC(=C(c2ccc(F)cc2)c2ccc(F)cc2)CC1)N=N. The molecule has 1 fully saturated rings. The lowest BCUT2D eigenvalue weighted by Gasteiger charge is -2.30. The van der Waals surface area contributed by atoms with Crippen LogP contribution in [-0.2, 0) is 0 Å². The second kappa shape index (κ2) is 9.51. The molecule has 0 aliphatic carbocycles. The minimum Gasteiger partial charge on any atom is -0.302 e. The lowest BCUT2D eigenvalue weighted by molar-refractivity contribution is 0.259. The summed E-state index contributed by atoms with van der Waals surface area (Å²) in [7, 11) is 0. The Kier molecular flexibility index (Phi) is 6.82. The minimum atomic E-state index is -0.262. The first kappa shape index (κ1) is 20.1. The highest BCUT2D eigenvalue weighted by Crippen LogP contribution is 2.32. The third kappa shape index (κ3) is 4.98. The molecule has 2 aromatic carbocycles. The van der Waals surface area contributed by atoms with Gasteiger partial charge in [-0.3, -0.25) is 0 Å². The van der Waals surface area contributed by atoms with Crippen molar-refractivity contribution in [3.8, 4) is 0 Å². The Morgan fingerprint density at radius 1 is 0.964 bits per heavy atom. The van der Waals surface area contributed by atoms with Crippen molar-refractivity contribution < 1.29 is 8.78 Å². The fraction of sp³-hybridized carbons (Fsp3) is 0.304. The van der Waals surface area contributed by atoms with Crippen LogP contribution in [-0.4, -0.2) is 24.5 Å². The number of likely N-dealkylation sites (tertiary alicyclic amines) is 1. The van der Waals surface area contributed by atoms with E-state index in [0.717, 1.165) is 61.3 Å². The Bertz CT molecular complexity index is 810. The lowest BCUT2D eigenvalue weighted by Crippen LogP contribution is -2.32. The fourth-order valence-electron chi connectivity index (χ4n) is 3.64. The Hall–Kier alpha value is -2.66. The molecule has 0 aromatic heterocycles. The molecule has 0 bridgehead atoms. The smallest absolute Gasteiger partial charge is 0.123 e. The van der Waals surface area contributed by atoms with E-state index >= 15 is 0 Å². The number of rotatable bonds is 6. The van der Waals surface area contributed by atoms with E-state index in [0.29, 0.717) is 0 Å². The molecule has 1 aliphatic rings. The molecule has 0 unspecified atom stereocenters. The van der Waals surface area contributed by atoms with E-state index < -0.39 is 0 Å².